The fraction of sp³-hybridized carbons (Fsp3) is 0.276. The van der Waals surface area contributed by atoms with Crippen molar-refractivity contribution >= 4 is 17.7 Å². The zero-order valence-electron chi connectivity index (χ0n) is 20.8. The Hall–Kier alpha value is -4.13. The smallest absolute Gasteiger partial charge is 0.321 e. The van der Waals surface area contributed by atoms with Gasteiger partial charge in [0, 0.05) is 12.1 Å². The number of ether oxygens (including phenoxy) is 2. The van der Waals surface area contributed by atoms with Gasteiger partial charge in [-0.2, -0.15) is 0 Å². The standard InChI is InChI=1S/C29H31N3O4/c1-19-4-6-20(7-5-19)17-32-24(16-29(2,27(32)33)28(34)35-3)18-36-25-14-12-22(13-15-25)21-8-10-23(11-9-21)26(30)31/h4-15,24H,16-18H2,1-3H3,(H3,30,31)/t24-,29-/m0/s1. The van der Waals surface area contributed by atoms with Crippen LogP contribution in [-0.4, -0.2) is 42.4 Å². The number of carbonyl (C=O) groups excluding carboxylic acids is 2. The Labute approximate surface area is 211 Å². The van der Waals surface area contributed by atoms with E-state index < -0.39 is 11.4 Å². The highest BCUT2D eigenvalue weighted by Crippen LogP contribution is 2.38. The summed E-state index contributed by atoms with van der Waals surface area (Å²) in [7, 11) is 1.31. The number of carbonyl (C=O) groups is 2. The van der Waals surface area contributed by atoms with E-state index in [0.717, 1.165) is 22.3 Å². The Kier molecular flexibility index (Phi) is 7.10. The van der Waals surface area contributed by atoms with Crippen LogP contribution in [0.25, 0.3) is 11.1 Å². The molecule has 0 saturated carbocycles. The number of amidine groups is 1. The fourth-order valence-corrected chi connectivity index (χ4v) is 4.57. The lowest BCUT2D eigenvalue weighted by molar-refractivity contribution is -0.158. The molecule has 36 heavy (non-hydrogen) atoms. The SMILES string of the molecule is COC(=O)[C@@]1(C)C[C@@H](COc2ccc(-c3ccc(C(=N)N)cc3)cc2)N(Cc2ccc(C)cc2)C1=O. The molecule has 0 unspecified atom stereocenters. The highest BCUT2D eigenvalue weighted by Gasteiger charge is 2.54. The Balaban J connectivity index is 1.48. The number of methoxy groups -OCH3 is 1. The van der Waals surface area contributed by atoms with Gasteiger partial charge in [0.05, 0.1) is 13.2 Å². The summed E-state index contributed by atoms with van der Waals surface area (Å²) in [6, 6.07) is 22.9. The van der Waals surface area contributed by atoms with Gasteiger partial charge in [-0.1, -0.05) is 66.2 Å². The maximum Gasteiger partial charge on any atom is 0.321 e. The summed E-state index contributed by atoms with van der Waals surface area (Å²) >= 11 is 0. The Morgan fingerprint density at radius 2 is 1.61 bits per heavy atom. The van der Waals surface area contributed by atoms with Crippen molar-refractivity contribution in [3.8, 4) is 16.9 Å². The number of benzene rings is 3. The first-order chi connectivity index (χ1) is 17.2. The van der Waals surface area contributed by atoms with Crippen LogP contribution < -0.4 is 10.5 Å². The second-order valence-corrected chi connectivity index (χ2v) is 9.43. The summed E-state index contributed by atoms with van der Waals surface area (Å²) in [5.41, 5.74) is 9.13. The van der Waals surface area contributed by atoms with Crippen molar-refractivity contribution < 1.29 is 19.1 Å². The van der Waals surface area contributed by atoms with Crippen LogP contribution in [0.3, 0.4) is 0 Å². The molecule has 3 aromatic carbocycles. The number of nitrogens with two attached hydrogens (primary N) is 1. The number of nitrogens with zero attached hydrogens (tertiary/aromatic N) is 1. The first kappa shape index (κ1) is 25.0. The van der Waals surface area contributed by atoms with E-state index in [0.29, 0.717) is 24.3 Å². The maximum atomic E-state index is 13.3. The predicted octanol–water partition coefficient (Wildman–Crippen LogP) is 4.31. The predicted molar refractivity (Wildman–Crippen MR) is 139 cm³/mol. The van der Waals surface area contributed by atoms with E-state index in [1.165, 1.54) is 7.11 Å². The largest absolute Gasteiger partial charge is 0.491 e. The highest BCUT2D eigenvalue weighted by molar-refractivity contribution is 6.04. The highest BCUT2D eigenvalue weighted by atomic mass is 16.5. The van der Waals surface area contributed by atoms with Gasteiger partial charge in [0.25, 0.3) is 0 Å². The van der Waals surface area contributed by atoms with E-state index in [1.807, 2.05) is 79.7 Å². The molecule has 0 aliphatic carbocycles. The number of likely N-dealkylation sites (tertiary alicyclic amines) is 1. The van der Waals surface area contributed by atoms with Crippen LogP contribution in [0, 0.1) is 17.7 Å². The normalized spacial score (nSPS) is 19.2. The Morgan fingerprint density at radius 1 is 1.03 bits per heavy atom. The van der Waals surface area contributed by atoms with Gasteiger partial charge in [-0.05, 0) is 49.1 Å². The number of hydrogen-bond donors (Lipinski definition) is 2. The number of esters is 1. The van der Waals surface area contributed by atoms with Crippen LogP contribution in [-0.2, 0) is 20.9 Å². The molecule has 186 valence electrons. The third-order valence-corrected chi connectivity index (χ3v) is 6.75. The second kappa shape index (κ2) is 10.2. The number of amides is 1. The summed E-state index contributed by atoms with van der Waals surface area (Å²) in [6.45, 7) is 4.32. The third-order valence-electron chi connectivity index (χ3n) is 6.75. The Bertz CT molecular complexity index is 1250. The van der Waals surface area contributed by atoms with Crippen LogP contribution in [0.2, 0.25) is 0 Å². The van der Waals surface area contributed by atoms with Crippen molar-refractivity contribution in [3.05, 3.63) is 89.5 Å². The molecule has 7 heteroatoms. The number of nitrogens with one attached hydrogen (secondary N) is 1. The molecular formula is C29H31N3O4. The molecule has 1 saturated heterocycles. The lowest BCUT2D eigenvalue weighted by atomic mass is 9.87. The maximum absolute atomic E-state index is 13.3. The molecule has 1 heterocycles. The van der Waals surface area contributed by atoms with Crippen LogP contribution in [0.15, 0.2) is 72.8 Å². The number of hydrogen-bond acceptors (Lipinski definition) is 5. The van der Waals surface area contributed by atoms with E-state index >= 15 is 0 Å². The summed E-state index contributed by atoms with van der Waals surface area (Å²) in [4.78, 5) is 27.6. The van der Waals surface area contributed by atoms with Gasteiger partial charge in [-0.25, -0.2) is 0 Å². The molecule has 3 aromatic rings. The average Bonchev–Trinajstić information content (AvgIpc) is 3.14. The van der Waals surface area contributed by atoms with Gasteiger partial charge in [-0.3, -0.25) is 15.0 Å². The first-order valence-electron chi connectivity index (χ1n) is 11.8. The van der Waals surface area contributed by atoms with Crippen molar-refractivity contribution in [3.63, 3.8) is 0 Å². The number of nitrogen functional groups attached to an aromatic ring is 1. The van der Waals surface area contributed by atoms with E-state index in [-0.39, 0.29) is 24.4 Å². The molecule has 1 fully saturated rings. The van der Waals surface area contributed by atoms with Gasteiger partial charge < -0.3 is 20.1 Å². The third kappa shape index (κ3) is 5.10. The van der Waals surface area contributed by atoms with Crippen LogP contribution in [0.4, 0.5) is 0 Å². The monoisotopic (exact) mass is 485 g/mol. The molecule has 1 aliphatic rings. The topological polar surface area (TPSA) is 106 Å². The van der Waals surface area contributed by atoms with Crippen LogP contribution in [0.1, 0.15) is 30.0 Å². The number of rotatable bonds is 8. The summed E-state index contributed by atoms with van der Waals surface area (Å²) < 4.78 is 11.0. The second-order valence-electron chi connectivity index (χ2n) is 9.43. The lowest BCUT2D eigenvalue weighted by Gasteiger charge is -2.25. The molecule has 7 nitrogen and oxygen atoms in total. The Morgan fingerprint density at radius 3 is 2.17 bits per heavy atom. The van der Waals surface area contributed by atoms with Crippen molar-refractivity contribution in [2.45, 2.75) is 32.9 Å². The van der Waals surface area contributed by atoms with Crippen LogP contribution in [0.5, 0.6) is 5.75 Å². The van der Waals surface area contributed by atoms with Crippen molar-refractivity contribution in [2.75, 3.05) is 13.7 Å². The van der Waals surface area contributed by atoms with Gasteiger partial charge in [-0.15, -0.1) is 0 Å². The van der Waals surface area contributed by atoms with E-state index in [9.17, 15) is 9.59 Å². The van der Waals surface area contributed by atoms with Gasteiger partial charge in [0.1, 0.15) is 23.6 Å². The minimum Gasteiger partial charge on any atom is -0.491 e. The molecule has 2 atom stereocenters. The minimum atomic E-state index is -1.23. The van der Waals surface area contributed by atoms with Gasteiger partial charge >= 0.3 is 5.97 Å². The lowest BCUT2D eigenvalue weighted by Crippen LogP contribution is -2.40. The average molecular weight is 486 g/mol. The molecule has 1 aliphatic heterocycles. The van der Waals surface area contributed by atoms with E-state index in [2.05, 4.69) is 0 Å². The summed E-state index contributed by atoms with van der Waals surface area (Å²) in [6.07, 6.45) is 0.324. The fourth-order valence-electron chi connectivity index (χ4n) is 4.57. The van der Waals surface area contributed by atoms with Crippen LogP contribution >= 0.6 is 0 Å². The molecule has 0 spiro atoms. The zero-order chi connectivity index (χ0) is 25.9. The quantitative estimate of drug-likeness (QED) is 0.214. The van der Waals surface area contributed by atoms with Crippen molar-refractivity contribution in [1.82, 2.24) is 4.90 Å². The minimum absolute atomic E-state index is 0.0374. The molecule has 0 radical (unpaired) electrons. The van der Waals surface area contributed by atoms with Gasteiger partial charge in [0.15, 0.2) is 0 Å². The molecular weight excluding hydrogens is 454 g/mol. The summed E-state index contributed by atoms with van der Waals surface area (Å²) in [5, 5.41) is 7.52. The molecule has 1 amide bonds. The van der Waals surface area contributed by atoms with E-state index in [1.54, 1.807) is 11.8 Å². The van der Waals surface area contributed by atoms with Crippen molar-refractivity contribution in [1.29, 1.82) is 5.41 Å². The molecule has 0 aromatic heterocycles. The number of aryl methyl sites for hydroxylation is 1. The molecule has 4 rings (SSSR count). The van der Waals surface area contributed by atoms with E-state index in [4.69, 9.17) is 20.6 Å². The molecule has 0 bridgehead atoms. The molecule has 3 N–H and O–H groups in total. The summed E-state index contributed by atoms with van der Waals surface area (Å²) in [5.74, 6) is -0.0548. The first-order valence-corrected chi connectivity index (χ1v) is 11.8. The van der Waals surface area contributed by atoms with Gasteiger partial charge in [0.2, 0.25) is 5.91 Å². The van der Waals surface area contributed by atoms with Crippen molar-refractivity contribution in [2.24, 2.45) is 11.1 Å². The zero-order valence-corrected chi connectivity index (χ0v) is 20.8.